The van der Waals surface area contributed by atoms with E-state index in [1.807, 2.05) is 6.92 Å². The summed E-state index contributed by atoms with van der Waals surface area (Å²) in [6, 6.07) is 2.24. The third-order valence-corrected chi connectivity index (χ3v) is 3.49. The van der Waals surface area contributed by atoms with Crippen LogP contribution in [0.4, 0.5) is 0 Å². The first-order valence-corrected chi connectivity index (χ1v) is 6.16. The Morgan fingerprint density at radius 1 is 1.54 bits per heavy atom. The fourth-order valence-electron chi connectivity index (χ4n) is 1.50. The number of rotatable bonds is 4. The summed E-state index contributed by atoms with van der Waals surface area (Å²) in [6.07, 6.45) is 2.69. The summed E-state index contributed by atoms with van der Waals surface area (Å²) in [5, 5.41) is 12.0. The average molecular weight is 198 g/mol. The lowest BCUT2D eigenvalue weighted by atomic mass is 10.0. The molecule has 1 heterocycles. The lowest BCUT2D eigenvalue weighted by molar-refractivity contribution is 0.438. The van der Waals surface area contributed by atoms with Gasteiger partial charge in [0.1, 0.15) is 0 Å². The minimum atomic E-state index is 0.151. The molecular formula is C10H18N2S. The van der Waals surface area contributed by atoms with Gasteiger partial charge in [0.15, 0.2) is 0 Å². The lowest BCUT2D eigenvalue weighted by Gasteiger charge is -2.21. The molecule has 1 aliphatic rings. The van der Waals surface area contributed by atoms with E-state index < -0.39 is 0 Å². The maximum Gasteiger partial charge on any atom is 0.0666 e. The summed E-state index contributed by atoms with van der Waals surface area (Å²) >= 11 is 2.06. The second kappa shape index (κ2) is 6.28. The zero-order chi connectivity index (χ0) is 9.52. The Labute approximate surface area is 85.1 Å². The predicted octanol–water partition coefficient (Wildman–Crippen LogP) is 1.88. The van der Waals surface area contributed by atoms with Crippen LogP contribution >= 0.6 is 11.8 Å². The fourth-order valence-corrected chi connectivity index (χ4v) is 2.70. The first kappa shape index (κ1) is 10.9. The molecule has 0 aromatic rings. The number of hydrogen-bond acceptors (Lipinski definition) is 3. The molecule has 13 heavy (non-hydrogen) atoms. The molecule has 0 aromatic heterocycles. The number of hydrogen-bond donors (Lipinski definition) is 1. The normalized spacial score (nSPS) is 20.9. The molecule has 0 spiro atoms. The molecule has 1 aliphatic heterocycles. The molecule has 1 atom stereocenters. The van der Waals surface area contributed by atoms with Crippen molar-refractivity contribution in [3.8, 4) is 6.07 Å². The molecule has 1 N–H and O–H groups in total. The summed E-state index contributed by atoms with van der Waals surface area (Å²) in [5.74, 6) is 3.64. The van der Waals surface area contributed by atoms with Gasteiger partial charge in [-0.25, -0.2) is 0 Å². The summed E-state index contributed by atoms with van der Waals surface area (Å²) in [7, 11) is 0. The molecule has 1 rings (SSSR count). The maximum absolute atomic E-state index is 8.58. The molecule has 1 fully saturated rings. The van der Waals surface area contributed by atoms with Gasteiger partial charge in [-0.15, -0.1) is 0 Å². The highest BCUT2D eigenvalue weighted by atomic mass is 32.2. The summed E-state index contributed by atoms with van der Waals surface area (Å²) < 4.78 is 0. The average Bonchev–Trinajstić information content (AvgIpc) is 2.19. The van der Waals surface area contributed by atoms with Gasteiger partial charge in [0, 0.05) is 6.54 Å². The summed E-state index contributed by atoms with van der Waals surface area (Å²) in [4.78, 5) is 0. The SMILES string of the molecule is CC(C#N)CNCC1CCSCC1. The largest absolute Gasteiger partial charge is 0.315 e. The van der Waals surface area contributed by atoms with Crippen LogP contribution in [0.3, 0.4) is 0 Å². The molecule has 1 saturated heterocycles. The Morgan fingerprint density at radius 3 is 2.85 bits per heavy atom. The zero-order valence-corrected chi connectivity index (χ0v) is 9.07. The Hall–Kier alpha value is -0.200. The van der Waals surface area contributed by atoms with E-state index in [0.29, 0.717) is 0 Å². The third-order valence-electron chi connectivity index (χ3n) is 2.44. The van der Waals surface area contributed by atoms with E-state index in [-0.39, 0.29) is 5.92 Å². The molecule has 0 saturated carbocycles. The van der Waals surface area contributed by atoms with Gasteiger partial charge in [-0.2, -0.15) is 17.0 Å². The van der Waals surface area contributed by atoms with Crippen LogP contribution in [0.2, 0.25) is 0 Å². The second-order valence-corrected chi connectivity index (χ2v) is 4.97. The number of nitrogens with one attached hydrogen (secondary N) is 1. The van der Waals surface area contributed by atoms with Crippen LogP contribution in [0.5, 0.6) is 0 Å². The quantitative estimate of drug-likeness (QED) is 0.749. The minimum Gasteiger partial charge on any atom is -0.315 e. The van der Waals surface area contributed by atoms with E-state index in [4.69, 9.17) is 5.26 Å². The molecule has 0 aliphatic carbocycles. The first-order chi connectivity index (χ1) is 6.33. The lowest BCUT2D eigenvalue weighted by Crippen LogP contribution is -2.28. The molecule has 2 nitrogen and oxygen atoms in total. The fraction of sp³-hybridized carbons (Fsp3) is 0.900. The van der Waals surface area contributed by atoms with Crippen LogP contribution in [-0.4, -0.2) is 24.6 Å². The zero-order valence-electron chi connectivity index (χ0n) is 8.25. The topological polar surface area (TPSA) is 35.8 Å². The molecule has 0 aromatic carbocycles. The van der Waals surface area contributed by atoms with Gasteiger partial charge in [-0.05, 0) is 43.7 Å². The molecule has 3 heteroatoms. The van der Waals surface area contributed by atoms with Gasteiger partial charge in [0.05, 0.1) is 12.0 Å². The highest BCUT2D eigenvalue weighted by molar-refractivity contribution is 7.99. The second-order valence-electron chi connectivity index (χ2n) is 3.74. The van der Waals surface area contributed by atoms with Crippen molar-refractivity contribution in [1.29, 1.82) is 5.26 Å². The number of nitrogens with zero attached hydrogens (tertiary/aromatic N) is 1. The molecule has 74 valence electrons. The van der Waals surface area contributed by atoms with Crippen LogP contribution in [0, 0.1) is 23.2 Å². The van der Waals surface area contributed by atoms with Crippen LogP contribution in [0.1, 0.15) is 19.8 Å². The van der Waals surface area contributed by atoms with Crippen LogP contribution < -0.4 is 5.32 Å². The smallest absolute Gasteiger partial charge is 0.0666 e. The van der Waals surface area contributed by atoms with Crippen molar-refractivity contribution in [3.63, 3.8) is 0 Å². The van der Waals surface area contributed by atoms with Crippen molar-refractivity contribution in [2.45, 2.75) is 19.8 Å². The Balaban J connectivity index is 2.02. The van der Waals surface area contributed by atoms with Gasteiger partial charge < -0.3 is 5.32 Å². The summed E-state index contributed by atoms with van der Waals surface area (Å²) in [5.41, 5.74) is 0. The Bertz CT molecular complexity index is 170. The molecular weight excluding hydrogens is 180 g/mol. The van der Waals surface area contributed by atoms with E-state index in [1.54, 1.807) is 0 Å². The van der Waals surface area contributed by atoms with Gasteiger partial charge in [0.25, 0.3) is 0 Å². The highest BCUT2D eigenvalue weighted by Crippen LogP contribution is 2.21. The van der Waals surface area contributed by atoms with Crippen molar-refractivity contribution in [2.75, 3.05) is 24.6 Å². The Morgan fingerprint density at radius 2 is 2.23 bits per heavy atom. The number of thioether (sulfide) groups is 1. The van der Waals surface area contributed by atoms with Crippen molar-refractivity contribution in [1.82, 2.24) is 5.32 Å². The minimum absolute atomic E-state index is 0.151. The molecule has 0 radical (unpaired) electrons. The van der Waals surface area contributed by atoms with E-state index in [9.17, 15) is 0 Å². The van der Waals surface area contributed by atoms with E-state index >= 15 is 0 Å². The van der Waals surface area contributed by atoms with Crippen molar-refractivity contribution in [3.05, 3.63) is 0 Å². The van der Waals surface area contributed by atoms with Gasteiger partial charge >= 0.3 is 0 Å². The van der Waals surface area contributed by atoms with E-state index in [1.165, 1.54) is 24.3 Å². The van der Waals surface area contributed by atoms with Crippen molar-refractivity contribution in [2.24, 2.45) is 11.8 Å². The van der Waals surface area contributed by atoms with Crippen LogP contribution in [0.15, 0.2) is 0 Å². The van der Waals surface area contributed by atoms with E-state index in [0.717, 1.165) is 19.0 Å². The van der Waals surface area contributed by atoms with Gasteiger partial charge in [-0.1, -0.05) is 0 Å². The third kappa shape index (κ3) is 4.54. The highest BCUT2D eigenvalue weighted by Gasteiger charge is 2.13. The molecule has 0 bridgehead atoms. The van der Waals surface area contributed by atoms with Crippen LogP contribution in [-0.2, 0) is 0 Å². The number of nitriles is 1. The molecule has 1 unspecified atom stereocenters. The standard InChI is InChI=1S/C10H18N2S/c1-9(6-11)7-12-8-10-2-4-13-5-3-10/h9-10,12H,2-5,7-8H2,1H3. The molecule has 0 amide bonds. The monoisotopic (exact) mass is 198 g/mol. The maximum atomic E-state index is 8.58. The van der Waals surface area contributed by atoms with Crippen molar-refractivity contribution < 1.29 is 0 Å². The van der Waals surface area contributed by atoms with Crippen molar-refractivity contribution >= 4 is 11.8 Å². The Kier molecular flexibility index (Phi) is 5.26. The van der Waals surface area contributed by atoms with Gasteiger partial charge in [-0.3, -0.25) is 0 Å². The van der Waals surface area contributed by atoms with E-state index in [2.05, 4.69) is 23.1 Å². The predicted molar refractivity (Wildman–Crippen MR) is 57.7 cm³/mol. The summed E-state index contributed by atoms with van der Waals surface area (Å²) in [6.45, 7) is 3.91. The first-order valence-electron chi connectivity index (χ1n) is 5.01. The van der Waals surface area contributed by atoms with Crippen LogP contribution in [0.25, 0.3) is 0 Å². The van der Waals surface area contributed by atoms with Gasteiger partial charge in [0.2, 0.25) is 0 Å².